The van der Waals surface area contributed by atoms with Crippen molar-refractivity contribution in [2.45, 2.75) is 19.4 Å². The first kappa shape index (κ1) is 12.4. The topological polar surface area (TPSA) is 71.5 Å². The van der Waals surface area contributed by atoms with E-state index in [0.717, 1.165) is 0 Å². The summed E-state index contributed by atoms with van der Waals surface area (Å²) < 4.78 is 5.01. The van der Waals surface area contributed by atoms with E-state index in [1.165, 1.54) is 19.5 Å². The maximum atomic E-state index is 11.7. The molecule has 5 nitrogen and oxygen atoms in total. The van der Waals surface area contributed by atoms with E-state index in [9.17, 15) is 9.90 Å². The van der Waals surface area contributed by atoms with Crippen molar-refractivity contribution in [3.05, 3.63) is 24.0 Å². The minimum atomic E-state index is -0.935. The van der Waals surface area contributed by atoms with Crippen LogP contribution in [0.1, 0.15) is 24.2 Å². The van der Waals surface area contributed by atoms with Crippen LogP contribution in [-0.4, -0.2) is 35.3 Å². The van der Waals surface area contributed by atoms with Gasteiger partial charge in [-0.1, -0.05) is 0 Å². The van der Waals surface area contributed by atoms with E-state index in [4.69, 9.17) is 4.74 Å². The Kier molecular flexibility index (Phi) is 3.84. The van der Waals surface area contributed by atoms with Crippen LogP contribution >= 0.6 is 0 Å². The maximum Gasteiger partial charge on any atom is 0.255 e. The number of aromatic nitrogens is 1. The lowest BCUT2D eigenvalue weighted by Gasteiger charge is -2.18. The van der Waals surface area contributed by atoms with Crippen LogP contribution in [0.3, 0.4) is 0 Å². The fourth-order valence-electron chi connectivity index (χ4n) is 1.12. The molecule has 0 radical (unpaired) electrons. The molecule has 1 aromatic heterocycles. The molecule has 1 heterocycles. The van der Waals surface area contributed by atoms with E-state index in [1.54, 1.807) is 19.9 Å². The van der Waals surface area contributed by atoms with E-state index in [-0.39, 0.29) is 12.5 Å². The van der Waals surface area contributed by atoms with E-state index < -0.39 is 5.60 Å². The molecule has 88 valence electrons. The molecule has 0 atom stereocenters. The molecule has 0 aliphatic heterocycles. The molecule has 0 bridgehead atoms. The number of hydrogen-bond donors (Lipinski definition) is 2. The molecular weight excluding hydrogens is 208 g/mol. The predicted molar refractivity (Wildman–Crippen MR) is 59.4 cm³/mol. The first-order chi connectivity index (χ1) is 7.44. The van der Waals surface area contributed by atoms with E-state index >= 15 is 0 Å². The van der Waals surface area contributed by atoms with Crippen LogP contribution in [0.25, 0.3) is 0 Å². The Hall–Kier alpha value is -1.62. The highest BCUT2D eigenvalue weighted by Crippen LogP contribution is 2.15. The van der Waals surface area contributed by atoms with Crippen molar-refractivity contribution in [3.8, 4) is 5.75 Å². The number of amides is 1. The average Bonchev–Trinajstić information content (AvgIpc) is 2.25. The monoisotopic (exact) mass is 224 g/mol. The van der Waals surface area contributed by atoms with Gasteiger partial charge in [0.05, 0.1) is 24.5 Å². The zero-order valence-electron chi connectivity index (χ0n) is 9.65. The minimum absolute atomic E-state index is 0.178. The second kappa shape index (κ2) is 4.94. The highest BCUT2D eigenvalue weighted by atomic mass is 16.5. The number of hydrogen-bond acceptors (Lipinski definition) is 4. The fraction of sp³-hybridized carbons (Fsp3) is 0.455. The maximum absolute atomic E-state index is 11.7. The first-order valence-corrected chi connectivity index (χ1v) is 4.92. The quantitative estimate of drug-likeness (QED) is 0.785. The van der Waals surface area contributed by atoms with Crippen LogP contribution in [0, 0.1) is 0 Å². The third kappa shape index (κ3) is 3.51. The van der Waals surface area contributed by atoms with Crippen LogP contribution in [0.5, 0.6) is 5.75 Å². The van der Waals surface area contributed by atoms with Gasteiger partial charge in [0, 0.05) is 12.7 Å². The number of rotatable bonds is 4. The Balaban J connectivity index is 2.73. The average molecular weight is 224 g/mol. The largest absolute Gasteiger partial charge is 0.494 e. The second-order valence-electron chi connectivity index (χ2n) is 4.07. The van der Waals surface area contributed by atoms with Gasteiger partial charge in [-0.05, 0) is 19.9 Å². The third-order valence-corrected chi connectivity index (χ3v) is 1.93. The normalized spacial score (nSPS) is 11.0. The van der Waals surface area contributed by atoms with Crippen molar-refractivity contribution in [3.63, 3.8) is 0 Å². The lowest BCUT2D eigenvalue weighted by Crippen LogP contribution is -2.38. The number of pyridine rings is 1. The lowest BCUT2D eigenvalue weighted by atomic mass is 10.1. The summed E-state index contributed by atoms with van der Waals surface area (Å²) in [7, 11) is 1.48. The van der Waals surface area contributed by atoms with Gasteiger partial charge in [0.15, 0.2) is 0 Å². The lowest BCUT2D eigenvalue weighted by molar-refractivity contribution is 0.0693. The third-order valence-electron chi connectivity index (χ3n) is 1.93. The van der Waals surface area contributed by atoms with E-state index in [1.807, 2.05) is 0 Å². The van der Waals surface area contributed by atoms with Crippen LogP contribution in [0.2, 0.25) is 0 Å². The summed E-state index contributed by atoms with van der Waals surface area (Å²) in [5, 5.41) is 12.1. The zero-order valence-corrected chi connectivity index (χ0v) is 9.65. The smallest absolute Gasteiger partial charge is 0.255 e. The van der Waals surface area contributed by atoms with Crippen LogP contribution in [0.15, 0.2) is 18.5 Å². The molecule has 1 aromatic rings. The van der Waals surface area contributed by atoms with Gasteiger partial charge in [-0.15, -0.1) is 0 Å². The molecule has 0 fully saturated rings. The molecule has 0 aromatic carbocycles. The van der Waals surface area contributed by atoms with Gasteiger partial charge >= 0.3 is 0 Å². The number of carbonyl (C=O) groups is 1. The molecular formula is C11H16N2O3. The molecule has 0 unspecified atom stereocenters. The summed E-state index contributed by atoms with van der Waals surface area (Å²) in [6.45, 7) is 3.42. The van der Waals surface area contributed by atoms with Gasteiger partial charge in [0.25, 0.3) is 5.91 Å². The Morgan fingerprint density at radius 3 is 2.88 bits per heavy atom. The number of carbonyl (C=O) groups excluding carboxylic acids is 1. The number of aliphatic hydroxyl groups is 1. The summed E-state index contributed by atoms with van der Waals surface area (Å²) in [5.41, 5.74) is -0.530. The van der Waals surface area contributed by atoms with Crippen molar-refractivity contribution < 1.29 is 14.6 Å². The Morgan fingerprint density at radius 2 is 2.31 bits per heavy atom. The molecule has 1 amide bonds. The number of nitrogens with zero attached hydrogens (tertiary/aromatic N) is 1. The summed E-state index contributed by atoms with van der Waals surface area (Å²) in [6.07, 6.45) is 2.99. The highest BCUT2D eigenvalue weighted by molar-refractivity contribution is 5.96. The molecule has 0 saturated heterocycles. The molecule has 5 heteroatoms. The van der Waals surface area contributed by atoms with Crippen LogP contribution in [0.4, 0.5) is 0 Å². The summed E-state index contributed by atoms with van der Waals surface area (Å²) in [5.74, 6) is 0.122. The summed E-state index contributed by atoms with van der Waals surface area (Å²) >= 11 is 0. The standard InChI is InChI=1S/C11H16N2O3/c1-11(2,15)7-13-10(14)8-4-5-12-6-9(8)16-3/h4-6,15H,7H2,1-3H3,(H,13,14). The first-order valence-electron chi connectivity index (χ1n) is 4.92. The van der Waals surface area contributed by atoms with Gasteiger partial charge in [-0.2, -0.15) is 0 Å². The van der Waals surface area contributed by atoms with Crippen LogP contribution < -0.4 is 10.1 Å². The van der Waals surface area contributed by atoms with E-state index in [2.05, 4.69) is 10.3 Å². The number of ether oxygens (including phenoxy) is 1. The SMILES string of the molecule is COc1cnccc1C(=O)NCC(C)(C)O. The van der Waals surface area contributed by atoms with Gasteiger partial charge in [0.1, 0.15) is 5.75 Å². The van der Waals surface area contributed by atoms with Crippen molar-refractivity contribution in [2.24, 2.45) is 0 Å². The second-order valence-corrected chi connectivity index (χ2v) is 4.07. The van der Waals surface area contributed by atoms with Crippen molar-refractivity contribution in [1.29, 1.82) is 0 Å². The van der Waals surface area contributed by atoms with E-state index in [0.29, 0.717) is 11.3 Å². The Morgan fingerprint density at radius 1 is 1.62 bits per heavy atom. The zero-order chi connectivity index (χ0) is 12.2. The Labute approximate surface area is 94.5 Å². The predicted octanol–water partition coefficient (Wildman–Crippen LogP) is 0.591. The van der Waals surface area contributed by atoms with Gasteiger partial charge in [-0.3, -0.25) is 9.78 Å². The number of methoxy groups -OCH3 is 1. The molecule has 0 aliphatic carbocycles. The molecule has 16 heavy (non-hydrogen) atoms. The summed E-state index contributed by atoms with van der Waals surface area (Å²) in [6, 6.07) is 1.57. The molecule has 2 N–H and O–H groups in total. The van der Waals surface area contributed by atoms with Gasteiger partial charge in [0.2, 0.25) is 0 Å². The van der Waals surface area contributed by atoms with Gasteiger partial charge < -0.3 is 15.2 Å². The van der Waals surface area contributed by atoms with Gasteiger partial charge in [-0.25, -0.2) is 0 Å². The highest BCUT2D eigenvalue weighted by Gasteiger charge is 2.16. The fourth-order valence-corrected chi connectivity index (χ4v) is 1.12. The summed E-state index contributed by atoms with van der Waals surface area (Å²) in [4.78, 5) is 15.6. The number of nitrogens with one attached hydrogen (secondary N) is 1. The van der Waals surface area contributed by atoms with Crippen molar-refractivity contribution in [2.75, 3.05) is 13.7 Å². The molecule has 0 saturated carbocycles. The Bertz CT molecular complexity index is 372. The van der Waals surface area contributed by atoms with Crippen LogP contribution in [-0.2, 0) is 0 Å². The molecule has 0 aliphatic rings. The van der Waals surface area contributed by atoms with Crippen molar-refractivity contribution >= 4 is 5.91 Å². The van der Waals surface area contributed by atoms with Crippen molar-refractivity contribution in [1.82, 2.24) is 10.3 Å². The molecule has 0 spiro atoms. The minimum Gasteiger partial charge on any atom is -0.494 e. The molecule has 1 rings (SSSR count).